The van der Waals surface area contributed by atoms with E-state index in [9.17, 15) is 13.2 Å². The van der Waals surface area contributed by atoms with Crippen molar-refractivity contribution >= 4 is 21.6 Å². The van der Waals surface area contributed by atoms with E-state index in [1.54, 1.807) is 12.1 Å². The molecule has 0 aliphatic carbocycles. The van der Waals surface area contributed by atoms with Gasteiger partial charge in [-0.05, 0) is 32.4 Å². The van der Waals surface area contributed by atoms with Crippen molar-refractivity contribution in [1.29, 1.82) is 0 Å². The molecule has 4 N–H and O–H groups in total. The summed E-state index contributed by atoms with van der Waals surface area (Å²) in [6.07, 6.45) is 2.22. The van der Waals surface area contributed by atoms with Crippen molar-refractivity contribution < 1.29 is 13.2 Å². The highest BCUT2D eigenvalue weighted by molar-refractivity contribution is 7.89. The summed E-state index contributed by atoms with van der Waals surface area (Å²) in [5.74, 6) is -0.764. The number of amides is 1. The van der Waals surface area contributed by atoms with Crippen LogP contribution in [0.15, 0.2) is 23.4 Å². The average Bonchev–Trinajstić information content (AvgIpc) is 2.35. The van der Waals surface area contributed by atoms with Crippen LogP contribution in [0, 0.1) is 0 Å². The molecular weight excluding hydrogens is 280 g/mol. The molecule has 1 amide bonds. The average molecular weight is 300 g/mol. The molecule has 0 radical (unpaired) electrons. The van der Waals surface area contributed by atoms with Gasteiger partial charge in [-0.3, -0.25) is 4.79 Å². The van der Waals surface area contributed by atoms with E-state index in [2.05, 4.69) is 15.0 Å². The van der Waals surface area contributed by atoms with Crippen molar-refractivity contribution in [1.82, 2.24) is 9.71 Å². The molecule has 0 aromatic carbocycles. The maximum absolute atomic E-state index is 12.3. The van der Waals surface area contributed by atoms with E-state index in [4.69, 9.17) is 5.73 Å². The number of anilines is 1. The zero-order chi connectivity index (χ0) is 15.4. The Morgan fingerprint density at radius 3 is 2.65 bits per heavy atom. The van der Waals surface area contributed by atoms with Crippen molar-refractivity contribution in [3.8, 4) is 0 Å². The highest BCUT2D eigenvalue weighted by Gasteiger charge is 2.33. The second kappa shape index (κ2) is 6.19. The molecular formula is C12H20N4O3S. The summed E-state index contributed by atoms with van der Waals surface area (Å²) in [6.45, 7) is 5.38. The van der Waals surface area contributed by atoms with Gasteiger partial charge in [0.25, 0.3) is 10.0 Å². The van der Waals surface area contributed by atoms with Crippen LogP contribution in [0.3, 0.4) is 0 Å². The molecule has 0 aliphatic rings. The minimum atomic E-state index is -3.95. The van der Waals surface area contributed by atoms with Gasteiger partial charge in [0.15, 0.2) is 5.03 Å². The van der Waals surface area contributed by atoms with E-state index in [1.807, 2.05) is 6.92 Å². The predicted molar refractivity (Wildman–Crippen MR) is 76.6 cm³/mol. The Kier molecular flexibility index (Phi) is 5.07. The molecule has 20 heavy (non-hydrogen) atoms. The second-order valence-corrected chi connectivity index (χ2v) is 6.48. The number of carbonyl (C=O) groups excluding carboxylic acids is 1. The lowest BCUT2D eigenvalue weighted by molar-refractivity contribution is -0.122. The summed E-state index contributed by atoms with van der Waals surface area (Å²) in [6, 6.07) is 3.25. The molecule has 0 fully saturated rings. The Hall–Kier alpha value is -1.67. The summed E-state index contributed by atoms with van der Waals surface area (Å²) in [5, 5.41) is 2.84. The second-order valence-electron chi connectivity index (χ2n) is 4.88. The van der Waals surface area contributed by atoms with Crippen LogP contribution in [0.1, 0.15) is 27.2 Å². The summed E-state index contributed by atoms with van der Waals surface area (Å²) in [7, 11) is -3.95. The van der Waals surface area contributed by atoms with Crippen LogP contribution < -0.4 is 15.8 Å². The van der Waals surface area contributed by atoms with Gasteiger partial charge >= 0.3 is 0 Å². The third kappa shape index (κ3) is 3.91. The van der Waals surface area contributed by atoms with E-state index in [0.717, 1.165) is 6.42 Å². The van der Waals surface area contributed by atoms with Gasteiger partial charge in [0, 0.05) is 12.7 Å². The van der Waals surface area contributed by atoms with Crippen LogP contribution in [0.5, 0.6) is 0 Å². The Bertz CT molecular complexity index is 584. The number of hydrogen-bond acceptors (Lipinski definition) is 5. The third-order valence-electron chi connectivity index (χ3n) is 2.60. The molecule has 0 saturated heterocycles. The highest BCUT2D eigenvalue weighted by Crippen LogP contribution is 2.19. The molecule has 0 spiro atoms. The van der Waals surface area contributed by atoms with Gasteiger partial charge in [-0.2, -0.15) is 4.72 Å². The molecule has 7 nitrogen and oxygen atoms in total. The molecule has 8 heteroatoms. The summed E-state index contributed by atoms with van der Waals surface area (Å²) < 4.78 is 26.9. The Labute approximate surface area is 119 Å². The van der Waals surface area contributed by atoms with Crippen LogP contribution >= 0.6 is 0 Å². The number of primary amides is 1. The molecule has 1 rings (SSSR count). The molecule has 0 unspecified atom stereocenters. The van der Waals surface area contributed by atoms with E-state index >= 15 is 0 Å². The number of nitrogens with zero attached hydrogens (tertiary/aromatic N) is 1. The Morgan fingerprint density at radius 1 is 1.45 bits per heavy atom. The third-order valence-corrected chi connectivity index (χ3v) is 4.21. The van der Waals surface area contributed by atoms with Crippen LogP contribution in [-0.4, -0.2) is 31.4 Å². The smallest absolute Gasteiger partial charge is 0.261 e. The number of carbonyl (C=O) groups is 1. The number of rotatable bonds is 7. The largest absolute Gasteiger partial charge is 0.383 e. The number of nitrogens with two attached hydrogens (primary N) is 1. The Morgan fingerprint density at radius 2 is 2.10 bits per heavy atom. The number of nitrogens with one attached hydrogen (secondary N) is 2. The van der Waals surface area contributed by atoms with Gasteiger partial charge < -0.3 is 11.1 Å². The normalized spacial score (nSPS) is 12.2. The minimum Gasteiger partial charge on any atom is -0.383 e. The van der Waals surface area contributed by atoms with Gasteiger partial charge in [-0.15, -0.1) is 0 Å². The van der Waals surface area contributed by atoms with E-state index in [1.165, 1.54) is 20.0 Å². The lowest BCUT2D eigenvalue weighted by atomic mass is 10.1. The fraction of sp³-hybridized carbons (Fsp3) is 0.500. The van der Waals surface area contributed by atoms with Gasteiger partial charge in [0.05, 0.1) is 5.69 Å². The standard InChI is InChI=1S/C12H20N4O3S/c1-4-7-14-9-6-5-8-15-10(9)20(18,19)16-12(2,3)11(13)17/h5-6,8,14,16H,4,7H2,1-3H3,(H2,13,17). The molecule has 112 valence electrons. The lowest BCUT2D eigenvalue weighted by Gasteiger charge is -2.22. The van der Waals surface area contributed by atoms with Crippen LogP contribution in [-0.2, 0) is 14.8 Å². The number of sulfonamides is 1. The highest BCUT2D eigenvalue weighted by atomic mass is 32.2. The number of pyridine rings is 1. The summed E-state index contributed by atoms with van der Waals surface area (Å²) in [4.78, 5) is 15.1. The topological polar surface area (TPSA) is 114 Å². The zero-order valence-electron chi connectivity index (χ0n) is 11.8. The maximum atomic E-state index is 12.3. The number of hydrogen-bond donors (Lipinski definition) is 3. The first-order valence-electron chi connectivity index (χ1n) is 6.23. The van der Waals surface area contributed by atoms with E-state index in [0.29, 0.717) is 12.2 Å². The molecule has 0 saturated carbocycles. The molecule has 1 aromatic rings. The summed E-state index contributed by atoms with van der Waals surface area (Å²) in [5.41, 5.74) is 4.17. The van der Waals surface area contributed by atoms with Crippen molar-refractivity contribution in [2.24, 2.45) is 5.73 Å². The monoisotopic (exact) mass is 300 g/mol. The van der Waals surface area contributed by atoms with Crippen molar-refractivity contribution in [2.75, 3.05) is 11.9 Å². The van der Waals surface area contributed by atoms with E-state index in [-0.39, 0.29) is 5.03 Å². The van der Waals surface area contributed by atoms with Crippen molar-refractivity contribution in [3.05, 3.63) is 18.3 Å². The fourth-order valence-corrected chi connectivity index (χ4v) is 2.93. The Balaban J connectivity index is 3.13. The first-order chi connectivity index (χ1) is 9.20. The van der Waals surface area contributed by atoms with Crippen LogP contribution in [0.2, 0.25) is 0 Å². The number of aromatic nitrogens is 1. The molecule has 1 heterocycles. The van der Waals surface area contributed by atoms with Crippen LogP contribution in [0.25, 0.3) is 0 Å². The SMILES string of the molecule is CCCNc1cccnc1S(=O)(=O)NC(C)(C)C(N)=O. The van der Waals surface area contributed by atoms with Crippen molar-refractivity contribution in [2.45, 2.75) is 37.8 Å². The maximum Gasteiger partial charge on any atom is 0.261 e. The van der Waals surface area contributed by atoms with Crippen LogP contribution in [0.4, 0.5) is 5.69 Å². The van der Waals surface area contributed by atoms with Gasteiger partial charge in [0.1, 0.15) is 5.54 Å². The lowest BCUT2D eigenvalue weighted by Crippen LogP contribution is -2.53. The molecule has 1 aromatic heterocycles. The molecule has 0 bridgehead atoms. The first kappa shape index (κ1) is 16.4. The first-order valence-corrected chi connectivity index (χ1v) is 7.72. The van der Waals surface area contributed by atoms with Crippen molar-refractivity contribution in [3.63, 3.8) is 0 Å². The molecule has 0 atom stereocenters. The van der Waals surface area contributed by atoms with Gasteiger partial charge in [0.2, 0.25) is 5.91 Å². The zero-order valence-corrected chi connectivity index (χ0v) is 12.6. The minimum absolute atomic E-state index is 0.150. The summed E-state index contributed by atoms with van der Waals surface area (Å²) >= 11 is 0. The predicted octanol–water partition coefficient (Wildman–Crippen LogP) is 0.446. The van der Waals surface area contributed by atoms with E-state index < -0.39 is 21.5 Å². The molecule has 0 aliphatic heterocycles. The van der Waals surface area contributed by atoms with Gasteiger partial charge in [-0.1, -0.05) is 6.92 Å². The fourth-order valence-electron chi connectivity index (χ4n) is 1.43. The van der Waals surface area contributed by atoms with Gasteiger partial charge in [-0.25, -0.2) is 13.4 Å². The quantitative estimate of drug-likeness (QED) is 0.676.